The number of thiophene rings is 1. The third-order valence-electron chi connectivity index (χ3n) is 4.84. The first-order chi connectivity index (χ1) is 13.2. The van der Waals surface area contributed by atoms with Crippen LogP contribution < -0.4 is 9.64 Å². The Morgan fingerprint density at radius 3 is 2.45 bits per heavy atom. The normalized spacial score (nSPS) is 14.1. The van der Waals surface area contributed by atoms with E-state index in [-0.39, 0.29) is 30.6 Å². The fraction of sp³-hybridized carbons (Fsp3) is 0.476. The largest absolute Gasteiger partial charge is 0.495 e. The molecule has 2 heterocycles. The maximum Gasteiger partial charge on any atom is 0.169 e. The number of rotatable bonds is 9. The van der Waals surface area contributed by atoms with Gasteiger partial charge < -0.3 is 9.64 Å². The average Bonchev–Trinajstić information content (AvgIpc) is 3.17. The van der Waals surface area contributed by atoms with Crippen LogP contribution in [0.2, 0.25) is 0 Å². The molecule has 0 atom stereocenters. The third kappa shape index (κ3) is 7.68. The number of hydrogen-bond acceptors (Lipinski definition) is 6. The summed E-state index contributed by atoms with van der Waals surface area (Å²) in [4.78, 5) is 17.2. The molecule has 29 heavy (non-hydrogen) atoms. The van der Waals surface area contributed by atoms with Gasteiger partial charge in [0.15, 0.2) is 5.78 Å². The number of methoxy groups -OCH3 is 1. The SMILES string of the molecule is COc1ccccc1N1CCN(CCCCSc2ccc(C(C)=O)s2)CC1.Cl.Cl. The molecule has 1 aliphatic rings. The molecule has 4 nitrogen and oxygen atoms in total. The summed E-state index contributed by atoms with van der Waals surface area (Å²) in [6.45, 7) is 7.13. The lowest BCUT2D eigenvalue weighted by Crippen LogP contribution is -2.46. The predicted octanol–water partition coefficient (Wildman–Crippen LogP) is 5.50. The molecule has 0 bridgehead atoms. The number of anilines is 1. The number of para-hydroxylation sites is 2. The second-order valence-electron chi connectivity index (χ2n) is 6.73. The van der Waals surface area contributed by atoms with Crippen molar-refractivity contribution in [2.75, 3.05) is 50.5 Å². The minimum atomic E-state index is 0. The van der Waals surface area contributed by atoms with Gasteiger partial charge in [-0.25, -0.2) is 0 Å². The van der Waals surface area contributed by atoms with E-state index in [0.717, 1.165) is 42.6 Å². The Kier molecular flexibility index (Phi) is 12.1. The van der Waals surface area contributed by atoms with Crippen molar-refractivity contribution in [3.05, 3.63) is 41.3 Å². The van der Waals surface area contributed by atoms with Crippen LogP contribution in [0.3, 0.4) is 0 Å². The van der Waals surface area contributed by atoms with Crippen molar-refractivity contribution in [1.82, 2.24) is 4.90 Å². The quantitative estimate of drug-likeness (QED) is 0.271. The third-order valence-corrected chi connectivity index (χ3v) is 7.34. The molecular weight excluding hydrogens is 447 g/mol. The minimum Gasteiger partial charge on any atom is -0.495 e. The van der Waals surface area contributed by atoms with Crippen molar-refractivity contribution in [2.24, 2.45) is 0 Å². The summed E-state index contributed by atoms with van der Waals surface area (Å²) in [7, 11) is 1.74. The van der Waals surface area contributed by atoms with Gasteiger partial charge >= 0.3 is 0 Å². The fourth-order valence-electron chi connectivity index (χ4n) is 3.30. The van der Waals surface area contributed by atoms with Gasteiger partial charge in [-0.05, 0) is 56.3 Å². The van der Waals surface area contributed by atoms with Gasteiger partial charge in [-0.15, -0.1) is 47.9 Å². The number of unbranched alkanes of at least 4 members (excludes halogenated alkanes) is 1. The number of benzene rings is 1. The van der Waals surface area contributed by atoms with Gasteiger partial charge in [-0.1, -0.05) is 12.1 Å². The molecule has 0 spiro atoms. The topological polar surface area (TPSA) is 32.8 Å². The van der Waals surface area contributed by atoms with E-state index in [1.54, 1.807) is 25.4 Å². The summed E-state index contributed by atoms with van der Waals surface area (Å²) in [5.74, 6) is 2.25. The van der Waals surface area contributed by atoms with Crippen LogP contribution in [0.25, 0.3) is 0 Å². The lowest BCUT2D eigenvalue weighted by molar-refractivity contribution is 0.102. The number of carbonyl (C=O) groups excluding carboxylic acids is 1. The van der Waals surface area contributed by atoms with Crippen LogP contribution >= 0.6 is 47.9 Å². The van der Waals surface area contributed by atoms with E-state index < -0.39 is 0 Å². The van der Waals surface area contributed by atoms with Crippen LogP contribution in [0.15, 0.2) is 40.6 Å². The van der Waals surface area contributed by atoms with Crippen molar-refractivity contribution >= 4 is 59.4 Å². The van der Waals surface area contributed by atoms with Crippen LogP contribution in [0, 0.1) is 0 Å². The van der Waals surface area contributed by atoms with Crippen molar-refractivity contribution < 1.29 is 9.53 Å². The van der Waals surface area contributed by atoms with Crippen LogP contribution in [-0.2, 0) is 0 Å². The first kappa shape index (κ1) is 26.1. The second kappa shape index (κ2) is 13.4. The first-order valence-electron chi connectivity index (χ1n) is 9.51. The number of thioether (sulfide) groups is 1. The van der Waals surface area contributed by atoms with Gasteiger partial charge in [-0.2, -0.15) is 0 Å². The second-order valence-corrected chi connectivity index (χ2v) is 9.21. The van der Waals surface area contributed by atoms with Gasteiger partial charge in [0.25, 0.3) is 0 Å². The van der Waals surface area contributed by atoms with Crippen LogP contribution in [0.4, 0.5) is 5.69 Å². The highest BCUT2D eigenvalue weighted by molar-refractivity contribution is 8.01. The van der Waals surface area contributed by atoms with Gasteiger partial charge in [0, 0.05) is 26.2 Å². The smallest absolute Gasteiger partial charge is 0.169 e. The number of Topliss-reactive ketones (excluding diaryl/α,β-unsaturated/α-hetero) is 1. The number of ether oxygens (including phenoxy) is 1. The zero-order valence-electron chi connectivity index (χ0n) is 17.0. The Bertz CT molecular complexity index is 750. The van der Waals surface area contributed by atoms with E-state index in [2.05, 4.69) is 28.0 Å². The Labute approximate surface area is 194 Å². The Hall–Kier alpha value is -0.920. The lowest BCUT2D eigenvalue weighted by atomic mass is 10.2. The van der Waals surface area contributed by atoms with Crippen LogP contribution in [0.5, 0.6) is 5.75 Å². The number of nitrogens with zero attached hydrogens (tertiary/aromatic N) is 2. The van der Waals surface area contributed by atoms with E-state index in [4.69, 9.17) is 4.74 Å². The monoisotopic (exact) mass is 476 g/mol. The van der Waals surface area contributed by atoms with E-state index in [1.165, 1.54) is 29.3 Å². The molecule has 162 valence electrons. The van der Waals surface area contributed by atoms with Crippen molar-refractivity contribution in [2.45, 2.75) is 24.0 Å². The van der Waals surface area contributed by atoms with Crippen molar-refractivity contribution in [3.8, 4) is 5.75 Å². The molecule has 8 heteroatoms. The highest BCUT2D eigenvalue weighted by Gasteiger charge is 2.19. The Morgan fingerprint density at radius 2 is 1.79 bits per heavy atom. The summed E-state index contributed by atoms with van der Waals surface area (Å²) in [5.41, 5.74) is 1.21. The molecule has 0 N–H and O–H groups in total. The van der Waals surface area contributed by atoms with Gasteiger partial charge in [0.2, 0.25) is 0 Å². The Morgan fingerprint density at radius 1 is 1.07 bits per heavy atom. The summed E-state index contributed by atoms with van der Waals surface area (Å²) in [6.07, 6.45) is 2.44. The molecule has 1 saturated heterocycles. The van der Waals surface area contributed by atoms with E-state index in [1.807, 2.05) is 30.0 Å². The van der Waals surface area contributed by atoms with Gasteiger partial charge in [0.05, 0.1) is 21.9 Å². The zero-order chi connectivity index (χ0) is 19.1. The number of carbonyl (C=O) groups is 1. The van der Waals surface area contributed by atoms with Gasteiger partial charge in [-0.3, -0.25) is 9.69 Å². The van der Waals surface area contributed by atoms with Gasteiger partial charge in [0.1, 0.15) is 5.75 Å². The summed E-state index contributed by atoms with van der Waals surface area (Å²) in [6, 6.07) is 12.3. The number of ketones is 1. The molecule has 0 amide bonds. The summed E-state index contributed by atoms with van der Waals surface area (Å²) >= 11 is 3.49. The van der Waals surface area contributed by atoms with Crippen LogP contribution in [0.1, 0.15) is 29.4 Å². The highest BCUT2D eigenvalue weighted by Crippen LogP contribution is 2.29. The Balaban J connectivity index is 0.00000210. The van der Waals surface area contributed by atoms with E-state index >= 15 is 0 Å². The molecule has 0 saturated carbocycles. The number of hydrogen-bond donors (Lipinski definition) is 0. The molecule has 1 aromatic carbocycles. The minimum absolute atomic E-state index is 0. The summed E-state index contributed by atoms with van der Waals surface area (Å²) < 4.78 is 6.75. The average molecular weight is 478 g/mol. The molecular formula is C21H30Cl2N2O2S2. The molecule has 3 rings (SSSR count). The predicted molar refractivity (Wildman–Crippen MR) is 130 cm³/mol. The molecule has 1 fully saturated rings. The maximum absolute atomic E-state index is 11.3. The highest BCUT2D eigenvalue weighted by atomic mass is 35.5. The molecule has 2 aromatic rings. The van der Waals surface area contributed by atoms with Crippen molar-refractivity contribution in [1.29, 1.82) is 0 Å². The zero-order valence-corrected chi connectivity index (χ0v) is 20.2. The fourth-order valence-corrected chi connectivity index (χ4v) is 5.40. The summed E-state index contributed by atoms with van der Waals surface area (Å²) in [5, 5.41) is 0. The standard InChI is InChI=1S/C21H28N2O2S2.2ClH/c1-17(24)20-9-10-21(27-20)26-16-6-5-11-22-12-14-23(15-13-22)18-7-3-4-8-19(18)25-2;;/h3-4,7-10H,5-6,11-16H2,1-2H3;2*1H. The maximum atomic E-state index is 11.3. The van der Waals surface area contributed by atoms with E-state index in [9.17, 15) is 4.79 Å². The molecule has 0 radical (unpaired) electrons. The van der Waals surface area contributed by atoms with Crippen molar-refractivity contribution in [3.63, 3.8) is 0 Å². The number of halogens is 2. The molecule has 1 aromatic heterocycles. The molecule has 0 unspecified atom stereocenters. The molecule has 0 aliphatic carbocycles. The first-order valence-corrected chi connectivity index (χ1v) is 11.3. The lowest BCUT2D eigenvalue weighted by Gasteiger charge is -2.36. The van der Waals surface area contributed by atoms with Crippen LogP contribution in [-0.4, -0.2) is 56.3 Å². The van der Waals surface area contributed by atoms with E-state index in [0.29, 0.717) is 0 Å². The molecule has 1 aliphatic heterocycles. The number of piperazine rings is 1.